The summed E-state index contributed by atoms with van der Waals surface area (Å²) in [6, 6.07) is 158. The van der Waals surface area contributed by atoms with E-state index in [2.05, 4.69) is 419 Å². The number of fused-ring (bicyclic) bond motifs is 14. The molecule has 10 nitrogen and oxygen atoms in total. The quantitative estimate of drug-likeness (QED) is 0.108. The van der Waals surface area contributed by atoms with Gasteiger partial charge in [-0.05, 0) is 166 Å². The third-order valence-electron chi connectivity index (χ3n) is 24.0. The summed E-state index contributed by atoms with van der Waals surface area (Å²) in [6.45, 7) is 0. The highest BCUT2D eigenvalue weighted by atomic mass is 15.1. The molecule has 6 aromatic heterocycles. The molecule has 0 unspecified atom stereocenters. The number of rotatable bonds is 14. The Morgan fingerprint density at radius 3 is 0.702 bits per heavy atom. The number of benzene rings is 18. The van der Waals surface area contributed by atoms with Crippen LogP contribution < -0.4 is 0 Å². The van der Waals surface area contributed by atoms with Gasteiger partial charge in [-0.2, -0.15) is 0 Å². The van der Waals surface area contributed by atoms with Crippen LogP contribution >= 0.6 is 0 Å². The Balaban J connectivity index is 0.000000143. The van der Waals surface area contributed by atoms with Gasteiger partial charge in [0.25, 0.3) is 0 Å². The van der Waals surface area contributed by atoms with Crippen LogP contribution in [0, 0.1) is 0 Å². The van der Waals surface area contributed by atoms with Crippen molar-refractivity contribution in [2.75, 3.05) is 0 Å². The van der Waals surface area contributed by atoms with Crippen LogP contribution in [0.3, 0.4) is 0 Å². The van der Waals surface area contributed by atoms with E-state index in [-0.39, 0.29) is 0 Å². The van der Waals surface area contributed by atoms with Crippen molar-refractivity contribution in [1.29, 1.82) is 0 Å². The smallest absolute Gasteiger partial charge is 0.164 e. The molecule has 10 heteroatoms. The Bertz CT molecular complexity index is 8050. The van der Waals surface area contributed by atoms with Crippen molar-refractivity contribution >= 4 is 87.2 Å². The minimum Gasteiger partial charge on any atom is -0.309 e. The number of para-hydroxylation sites is 6. The second-order valence-corrected chi connectivity index (χ2v) is 31.3. The van der Waals surface area contributed by atoms with Gasteiger partial charge in [-0.3, -0.25) is 0 Å². The van der Waals surface area contributed by atoms with Crippen LogP contribution in [-0.2, 0) is 0 Å². The SMILES string of the molecule is c1ccc(-c2ccc(-c3ccc(-c4nc(-c5ccccc5)nc(-c5ccc(-n6c7ccccc7c7ccc8c(c9ccccc9n8-c8ccccc8)c76)cc5)n4)cc3)cc2)cc1.c1ccc(-c2cccc(-c3nc(-c4ccc(-n5c6ccccc6c6ccc7c(c8ccccc8n7-c7ccccc7)c65)cc4)nc(-c4cccc(-c5ccccc5)c4)n3)c2)cc1. The molecule has 0 aliphatic heterocycles. The minimum atomic E-state index is 0.613. The molecule has 0 amide bonds. The molecule has 0 N–H and O–H groups in total. The van der Waals surface area contributed by atoms with E-state index in [1.807, 2.05) is 48.5 Å². The Morgan fingerprint density at radius 2 is 0.355 bits per heavy atom. The first-order valence-corrected chi connectivity index (χ1v) is 41.9. The summed E-state index contributed by atoms with van der Waals surface area (Å²) in [5.74, 6) is 3.74. The first-order chi connectivity index (χ1) is 61.5. The summed E-state index contributed by atoms with van der Waals surface area (Å²) in [4.78, 5) is 30.7. The Labute approximate surface area is 715 Å². The van der Waals surface area contributed by atoms with Crippen LogP contribution in [0.15, 0.2) is 449 Å². The fourth-order valence-electron chi connectivity index (χ4n) is 18.1. The van der Waals surface area contributed by atoms with Gasteiger partial charge in [-0.1, -0.05) is 328 Å². The molecule has 0 aliphatic carbocycles. The van der Waals surface area contributed by atoms with Crippen LogP contribution in [0.5, 0.6) is 0 Å². The van der Waals surface area contributed by atoms with E-state index in [1.165, 1.54) is 87.3 Å². The van der Waals surface area contributed by atoms with Gasteiger partial charge in [0.1, 0.15) is 0 Å². The number of hydrogen-bond donors (Lipinski definition) is 0. The highest BCUT2D eigenvalue weighted by Crippen LogP contribution is 2.46. The van der Waals surface area contributed by atoms with Gasteiger partial charge in [0, 0.05) is 99.2 Å². The fraction of sp³-hybridized carbons (Fsp3) is 0. The lowest BCUT2D eigenvalue weighted by Crippen LogP contribution is -2.01. The predicted molar refractivity (Wildman–Crippen MR) is 511 cm³/mol. The molecule has 24 aromatic rings. The van der Waals surface area contributed by atoms with Gasteiger partial charge in [0.05, 0.1) is 44.1 Å². The molecule has 0 saturated heterocycles. The Hall–Kier alpha value is -16.8. The van der Waals surface area contributed by atoms with E-state index in [1.54, 1.807) is 0 Å². The molecule has 124 heavy (non-hydrogen) atoms. The second kappa shape index (κ2) is 30.8. The van der Waals surface area contributed by atoms with Crippen molar-refractivity contribution in [1.82, 2.24) is 48.2 Å². The summed E-state index contributed by atoms with van der Waals surface area (Å²) in [7, 11) is 0. The molecule has 0 fully saturated rings. The lowest BCUT2D eigenvalue weighted by Gasteiger charge is -2.12. The third-order valence-corrected chi connectivity index (χ3v) is 24.0. The van der Waals surface area contributed by atoms with Crippen LogP contribution in [-0.4, -0.2) is 48.2 Å². The lowest BCUT2D eigenvalue weighted by atomic mass is 9.99. The van der Waals surface area contributed by atoms with E-state index < -0.39 is 0 Å². The summed E-state index contributed by atoms with van der Waals surface area (Å²) in [5, 5.41) is 9.76. The predicted octanol–water partition coefficient (Wildman–Crippen LogP) is 28.8. The molecule has 580 valence electrons. The van der Waals surface area contributed by atoms with Crippen LogP contribution in [0.4, 0.5) is 0 Å². The van der Waals surface area contributed by atoms with E-state index in [9.17, 15) is 0 Å². The van der Waals surface area contributed by atoms with E-state index >= 15 is 0 Å². The maximum Gasteiger partial charge on any atom is 0.164 e. The Morgan fingerprint density at radius 1 is 0.129 bits per heavy atom. The molecule has 0 aliphatic rings. The topological polar surface area (TPSA) is 97.1 Å². The molecule has 0 atom stereocenters. The van der Waals surface area contributed by atoms with Crippen LogP contribution in [0.2, 0.25) is 0 Å². The van der Waals surface area contributed by atoms with Crippen molar-refractivity contribution in [3.8, 4) is 136 Å². The standard InChI is InChI=1S/2C57H37N5/c1-4-16-38(17-5-1)41-20-14-22-43(36-41)56-58-55(59-57(60-56)44-23-15-21-42(37-44)39-18-6-2-7-19-39)40-30-32-46(33-31-40)62-50-28-12-10-26-47(50)48-34-35-52-53(54(48)62)49-27-11-13-29-51(49)61(52)45-24-8-3-9-25-45;1-4-14-38(15-5-1)39-24-26-40(27-25-39)41-28-30-43(31-29-41)56-58-55(42-16-6-2-7-17-42)59-57(60-56)44-32-34-46(35-33-44)62-50-22-12-10-20-47(50)48-36-37-52-53(54(48)62)49-21-11-13-23-51(49)61(52)45-18-8-3-9-19-45/h2*1-37H. The summed E-state index contributed by atoms with van der Waals surface area (Å²) in [6.07, 6.45) is 0. The highest BCUT2D eigenvalue weighted by molar-refractivity contribution is 6.28. The normalized spacial score (nSPS) is 11.5. The maximum atomic E-state index is 5.18. The van der Waals surface area contributed by atoms with Crippen LogP contribution in [0.1, 0.15) is 0 Å². The molecule has 0 bridgehead atoms. The van der Waals surface area contributed by atoms with Gasteiger partial charge in [-0.25, -0.2) is 29.9 Å². The third kappa shape index (κ3) is 12.9. The first kappa shape index (κ1) is 72.4. The van der Waals surface area contributed by atoms with Gasteiger partial charge >= 0.3 is 0 Å². The van der Waals surface area contributed by atoms with Crippen molar-refractivity contribution < 1.29 is 0 Å². The number of nitrogens with zero attached hydrogens (tertiary/aromatic N) is 10. The zero-order chi connectivity index (χ0) is 82.0. The average molecular weight is 1580 g/mol. The maximum absolute atomic E-state index is 5.18. The largest absolute Gasteiger partial charge is 0.309 e. The fourth-order valence-corrected chi connectivity index (χ4v) is 18.1. The molecule has 6 heterocycles. The lowest BCUT2D eigenvalue weighted by molar-refractivity contribution is 1.07. The first-order valence-electron chi connectivity index (χ1n) is 41.9. The zero-order valence-electron chi connectivity index (χ0n) is 67.2. The van der Waals surface area contributed by atoms with Gasteiger partial charge in [0.15, 0.2) is 34.9 Å². The summed E-state index contributed by atoms with van der Waals surface area (Å²) in [5.41, 5.74) is 28.5. The number of aromatic nitrogens is 10. The molecule has 0 saturated carbocycles. The van der Waals surface area contributed by atoms with Crippen molar-refractivity contribution in [3.05, 3.63) is 449 Å². The molecule has 18 aromatic carbocycles. The summed E-state index contributed by atoms with van der Waals surface area (Å²) >= 11 is 0. The molecular weight excluding hydrogens is 1510 g/mol. The van der Waals surface area contributed by atoms with Crippen molar-refractivity contribution in [2.24, 2.45) is 0 Å². The number of hydrogen-bond acceptors (Lipinski definition) is 6. The molecule has 24 rings (SSSR count). The van der Waals surface area contributed by atoms with Crippen molar-refractivity contribution in [3.63, 3.8) is 0 Å². The molecular formula is C114H74N10. The van der Waals surface area contributed by atoms with Crippen molar-refractivity contribution in [2.45, 2.75) is 0 Å². The minimum absolute atomic E-state index is 0.613. The Kier molecular flexibility index (Phi) is 18.0. The van der Waals surface area contributed by atoms with E-state index in [0.717, 1.165) is 101 Å². The zero-order valence-corrected chi connectivity index (χ0v) is 67.2. The average Bonchev–Trinajstić information content (AvgIpc) is 1.55. The second-order valence-electron chi connectivity index (χ2n) is 31.3. The summed E-state index contributed by atoms with van der Waals surface area (Å²) < 4.78 is 9.61. The van der Waals surface area contributed by atoms with E-state index in [4.69, 9.17) is 29.9 Å². The van der Waals surface area contributed by atoms with E-state index in [0.29, 0.717) is 34.9 Å². The van der Waals surface area contributed by atoms with Crippen LogP contribution in [0.25, 0.3) is 223 Å². The monoisotopic (exact) mass is 1580 g/mol. The van der Waals surface area contributed by atoms with Gasteiger partial charge in [-0.15, -0.1) is 0 Å². The highest BCUT2D eigenvalue weighted by Gasteiger charge is 2.25. The van der Waals surface area contributed by atoms with Gasteiger partial charge in [0.2, 0.25) is 0 Å². The van der Waals surface area contributed by atoms with Gasteiger partial charge < -0.3 is 18.3 Å². The molecule has 0 radical (unpaired) electrons. The molecule has 0 spiro atoms.